The van der Waals surface area contributed by atoms with Gasteiger partial charge in [0.15, 0.2) is 11.8 Å². The van der Waals surface area contributed by atoms with Crippen LogP contribution in [0.3, 0.4) is 0 Å². The molecule has 3 aromatic rings. The second kappa shape index (κ2) is 11.4. The summed E-state index contributed by atoms with van der Waals surface area (Å²) in [4.78, 5) is 32.7. The van der Waals surface area contributed by atoms with Gasteiger partial charge in [-0.15, -0.1) is 0 Å². The van der Waals surface area contributed by atoms with E-state index in [4.69, 9.17) is 19.6 Å². The predicted octanol–water partition coefficient (Wildman–Crippen LogP) is 4.62. The molecule has 1 saturated heterocycles. The summed E-state index contributed by atoms with van der Waals surface area (Å²) in [7, 11) is 0. The molecular weight excluding hydrogens is 522 g/mol. The van der Waals surface area contributed by atoms with Gasteiger partial charge in [0.25, 0.3) is 5.91 Å². The number of aromatic nitrogens is 3. The number of anilines is 1. The lowest BCUT2D eigenvalue weighted by atomic mass is 9.92. The first-order valence-corrected chi connectivity index (χ1v) is 14.5. The molecule has 3 aliphatic heterocycles. The zero-order valence-electron chi connectivity index (χ0n) is 24.7. The molecule has 10 nitrogen and oxygen atoms in total. The average Bonchev–Trinajstić information content (AvgIpc) is 3.32. The summed E-state index contributed by atoms with van der Waals surface area (Å²) in [6.07, 6.45) is 3.00. The highest BCUT2D eigenvalue weighted by molar-refractivity contribution is 5.95. The molecule has 5 heterocycles. The number of hydrogen-bond donors (Lipinski definition) is 2. The number of amides is 1. The Labute approximate surface area is 241 Å². The molecule has 4 bridgehead atoms. The molecule has 1 amide bonds. The maximum absolute atomic E-state index is 13.2. The van der Waals surface area contributed by atoms with Gasteiger partial charge in [-0.05, 0) is 78.4 Å². The van der Waals surface area contributed by atoms with E-state index < -0.39 is 17.7 Å². The largest absolute Gasteiger partial charge is 0.479 e. The third kappa shape index (κ3) is 6.38. The van der Waals surface area contributed by atoms with Crippen LogP contribution in [0.25, 0.3) is 5.65 Å². The Morgan fingerprint density at radius 3 is 2.63 bits per heavy atom. The van der Waals surface area contributed by atoms with Gasteiger partial charge in [0.2, 0.25) is 0 Å². The molecule has 6 rings (SSSR count). The number of aliphatic carboxylic acids is 1. The van der Waals surface area contributed by atoms with Crippen molar-refractivity contribution in [3.63, 3.8) is 0 Å². The molecule has 41 heavy (non-hydrogen) atoms. The number of benzene rings is 1. The highest BCUT2D eigenvalue weighted by atomic mass is 16.5. The van der Waals surface area contributed by atoms with Crippen LogP contribution in [0.15, 0.2) is 30.3 Å². The van der Waals surface area contributed by atoms with Crippen molar-refractivity contribution in [1.29, 1.82) is 0 Å². The van der Waals surface area contributed by atoms with Crippen molar-refractivity contribution in [2.24, 2.45) is 0 Å². The maximum atomic E-state index is 13.2. The van der Waals surface area contributed by atoms with Crippen LogP contribution in [-0.2, 0) is 27.2 Å². The minimum atomic E-state index is -1.23. The molecule has 0 aliphatic carbocycles. The van der Waals surface area contributed by atoms with Gasteiger partial charge >= 0.3 is 5.97 Å². The molecule has 0 radical (unpaired) electrons. The lowest BCUT2D eigenvalue weighted by Gasteiger charge is -2.41. The van der Waals surface area contributed by atoms with Gasteiger partial charge in [-0.3, -0.25) is 4.79 Å². The zero-order valence-corrected chi connectivity index (χ0v) is 24.7. The number of carboxylic acids is 1. The number of hydrogen-bond acceptors (Lipinski definition) is 7. The smallest absolute Gasteiger partial charge is 0.337 e. The number of ether oxygens (including phenoxy) is 2. The van der Waals surface area contributed by atoms with Gasteiger partial charge in [-0.2, -0.15) is 9.61 Å². The average molecular weight is 564 g/mol. The van der Waals surface area contributed by atoms with Gasteiger partial charge in [-0.1, -0.05) is 18.2 Å². The van der Waals surface area contributed by atoms with E-state index in [-0.39, 0.29) is 18.1 Å². The van der Waals surface area contributed by atoms with Crippen molar-refractivity contribution in [2.45, 2.75) is 90.6 Å². The monoisotopic (exact) mass is 563 g/mol. The molecule has 1 fully saturated rings. The lowest BCUT2D eigenvalue weighted by molar-refractivity contribution is -0.160. The van der Waals surface area contributed by atoms with Crippen LogP contribution >= 0.6 is 0 Å². The van der Waals surface area contributed by atoms with Crippen molar-refractivity contribution in [3.05, 3.63) is 58.4 Å². The van der Waals surface area contributed by atoms with Crippen LogP contribution in [0.1, 0.15) is 92.4 Å². The van der Waals surface area contributed by atoms with Gasteiger partial charge < -0.3 is 24.8 Å². The summed E-state index contributed by atoms with van der Waals surface area (Å²) in [6, 6.07) is 9.55. The normalized spacial score (nSPS) is 19.0. The number of aryl methyl sites for hydroxylation is 2. The summed E-state index contributed by atoms with van der Waals surface area (Å²) in [5, 5.41) is 18.2. The molecule has 0 spiro atoms. The number of nitrogens with zero attached hydrogens (tertiary/aromatic N) is 4. The number of piperidine rings is 1. The molecule has 0 saturated carbocycles. The second-order valence-corrected chi connectivity index (χ2v) is 12.4. The van der Waals surface area contributed by atoms with E-state index in [1.54, 1.807) is 4.52 Å². The molecule has 1 aromatic carbocycles. The molecule has 220 valence electrons. The van der Waals surface area contributed by atoms with Gasteiger partial charge in [0.05, 0.1) is 29.0 Å². The van der Waals surface area contributed by atoms with E-state index in [0.717, 1.165) is 37.7 Å². The van der Waals surface area contributed by atoms with Crippen LogP contribution < -0.4 is 10.2 Å². The van der Waals surface area contributed by atoms with E-state index >= 15 is 0 Å². The van der Waals surface area contributed by atoms with Crippen LogP contribution in [0.5, 0.6) is 0 Å². The Balaban J connectivity index is 1.61. The topological polar surface area (TPSA) is 118 Å². The summed E-state index contributed by atoms with van der Waals surface area (Å²) < 4.78 is 14.2. The number of carboxylic acid groups (broad SMARTS) is 1. The van der Waals surface area contributed by atoms with Crippen molar-refractivity contribution in [3.8, 4) is 0 Å². The molecule has 2 N–H and O–H groups in total. The standard InChI is InChI=1S/C31H41N5O5/c1-20-25(26(29(38)39)41-30(2,3)4)28-35-15-13-31(5,14-16-35)40-17-9-8-11-21-10-6-7-12-23(21)27(37)32-19-22-18-24(33-20)36(28)34-22/h6-7,10,12,18,26H,8-9,11,13-17,19H2,1-5H3,(H,32,37)(H,38,39)/t26-/m0/s1. The van der Waals surface area contributed by atoms with Crippen LogP contribution in [-0.4, -0.2) is 62.5 Å². The Morgan fingerprint density at radius 2 is 1.93 bits per heavy atom. The van der Waals surface area contributed by atoms with E-state index in [2.05, 4.69) is 17.1 Å². The predicted molar refractivity (Wildman–Crippen MR) is 155 cm³/mol. The van der Waals surface area contributed by atoms with E-state index in [1.807, 2.05) is 58.0 Å². The lowest BCUT2D eigenvalue weighted by Crippen LogP contribution is -2.46. The van der Waals surface area contributed by atoms with E-state index in [9.17, 15) is 14.7 Å². The second-order valence-electron chi connectivity index (χ2n) is 12.4. The van der Waals surface area contributed by atoms with Gasteiger partial charge in [0, 0.05) is 37.0 Å². The van der Waals surface area contributed by atoms with Crippen molar-refractivity contribution in [2.75, 3.05) is 24.6 Å². The van der Waals surface area contributed by atoms with Gasteiger partial charge in [0.1, 0.15) is 5.82 Å². The van der Waals surface area contributed by atoms with E-state index in [1.165, 1.54) is 0 Å². The first kappa shape index (κ1) is 29.0. The fraction of sp³-hybridized carbons (Fsp3) is 0.548. The zero-order chi connectivity index (χ0) is 29.4. The SMILES string of the molecule is Cc1nc2cc3nn2c(c1[C@H](OC(C)(C)C)C(=O)O)N1CCC(C)(CC1)OCCCCc1ccccc1C(=O)NC3. The molecule has 0 unspecified atom stereocenters. The van der Waals surface area contributed by atoms with E-state index in [0.29, 0.717) is 53.7 Å². The number of fused-ring (bicyclic) bond motifs is 8. The molecular formula is C31H41N5O5. The minimum absolute atomic E-state index is 0.153. The highest BCUT2D eigenvalue weighted by Gasteiger charge is 2.37. The minimum Gasteiger partial charge on any atom is -0.479 e. The van der Waals surface area contributed by atoms with Crippen molar-refractivity contribution in [1.82, 2.24) is 19.9 Å². The third-order valence-corrected chi connectivity index (χ3v) is 7.92. The van der Waals surface area contributed by atoms with Crippen molar-refractivity contribution < 1.29 is 24.2 Å². The summed E-state index contributed by atoms with van der Waals surface area (Å²) >= 11 is 0. The summed E-state index contributed by atoms with van der Waals surface area (Å²) in [5.74, 6) is -0.571. The molecule has 10 heteroatoms. The number of carbonyl (C=O) groups is 2. The molecule has 3 aliphatic rings. The maximum Gasteiger partial charge on any atom is 0.337 e. The fourth-order valence-corrected chi connectivity index (χ4v) is 5.74. The van der Waals surface area contributed by atoms with Crippen LogP contribution in [0.2, 0.25) is 0 Å². The van der Waals surface area contributed by atoms with Crippen molar-refractivity contribution >= 4 is 23.3 Å². The van der Waals surface area contributed by atoms with Crippen LogP contribution in [0, 0.1) is 6.92 Å². The Hall–Kier alpha value is -3.50. The summed E-state index contributed by atoms with van der Waals surface area (Å²) in [6.45, 7) is 11.7. The molecule has 2 aromatic heterocycles. The fourth-order valence-electron chi connectivity index (χ4n) is 5.74. The Kier molecular flexibility index (Phi) is 8.07. The number of rotatable bonds is 3. The number of nitrogens with one attached hydrogen (secondary N) is 1. The first-order valence-electron chi connectivity index (χ1n) is 14.5. The number of carbonyl (C=O) groups excluding carboxylic acids is 1. The third-order valence-electron chi connectivity index (χ3n) is 7.92. The Bertz CT molecular complexity index is 1430. The Morgan fingerprint density at radius 1 is 1.20 bits per heavy atom. The first-order chi connectivity index (χ1) is 19.4. The van der Waals surface area contributed by atoms with Crippen LogP contribution in [0.4, 0.5) is 5.82 Å². The molecule has 1 atom stereocenters. The highest BCUT2D eigenvalue weighted by Crippen LogP contribution is 2.37. The summed E-state index contributed by atoms with van der Waals surface area (Å²) in [5.41, 5.74) is 3.00. The quantitative estimate of drug-likeness (QED) is 0.474. The van der Waals surface area contributed by atoms with Gasteiger partial charge in [-0.25, -0.2) is 9.78 Å².